The van der Waals surface area contributed by atoms with Gasteiger partial charge >= 0.3 is 27.5 Å². The van der Waals surface area contributed by atoms with Crippen molar-refractivity contribution in [1.29, 1.82) is 0 Å². The first-order chi connectivity index (χ1) is 9.19. The molecule has 0 radical (unpaired) electrons. The third-order valence-electron chi connectivity index (χ3n) is 2.36. The maximum atomic E-state index is 13.1. The smallest absolute Gasteiger partial charge is 0.432 e. The lowest BCUT2D eigenvalue weighted by Crippen LogP contribution is -2.52. The molecule has 1 unspecified atom stereocenters. The van der Waals surface area contributed by atoms with Crippen molar-refractivity contribution in [3.8, 4) is 0 Å². The lowest BCUT2D eigenvalue weighted by molar-refractivity contribution is -0.259. The number of carbonyl (C=O) groups is 1. The van der Waals surface area contributed by atoms with Crippen LogP contribution in [0.3, 0.4) is 0 Å². The standard InChI is InChI=1S/C10H15F5O5S/c1-6(2)4-3-5-7(16)20-8(9(11,12)13)10(14,15)21(17,18)19/h6,8H,3-5H2,1-2H3,(H,17,18,19). The lowest BCUT2D eigenvalue weighted by Gasteiger charge is -2.26. The Bertz CT molecular complexity index is 457. The van der Waals surface area contributed by atoms with Gasteiger partial charge in [-0.3, -0.25) is 9.35 Å². The number of ether oxygens (including phenoxy) is 1. The monoisotopic (exact) mass is 342 g/mol. The topological polar surface area (TPSA) is 80.7 Å². The Morgan fingerprint density at radius 3 is 2.00 bits per heavy atom. The molecule has 0 rings (SSSR count). The summed E-state index contributed by atoms with van der Waals surface area (Å²) in [6, 6.07) is 0. The summed E-state index contributed by atoms with van der Waals surface area (Å²) in [5, 5.41) is -5.68. The highest BCUT2D eigenvalue weighted by molar-refractivity contribution is 7.86. The molecule has 0 saturated heterocycles. The van der Waals surface area contributed by atoms with Gasteiger partial charge in [-0.1, -0.05) is 20.3 Å². The summed E-state index contributed by atoms with van der Waals surface area (Å²) in [4.78, 5) is 11.1. The zero-order valence-electron chi connectivity index (χ0n) is 11.2. The van der Waals surface area contributed by atoms with E-state index in [1.54, 1.807) is 13.8 Å². The van der Waals surface area contributed by atoms with E-state index < -0.39 is 40.0 Å². The van der Waals surface area contributed by atoms with Crippen LogP contribution in [-0.2, 0) is 19.6 Å². The van der Waals surface area contributed by atoms with Gasteiger partial charge in [0.1, 0.15) is 0 Å². The SMILES string of the molecule is CC(C)CCCC(=O)OC(C(F)(F)F)C(F)(F)S(=O)(=O)O. The van der Waals surface area contributed by atoms with Crippen molar-refractivity contribution in [3.05, 3.63) is 0 Å². The van der Waals surface area contributed by atoms with E-state index in [2.05, 4.69) is 4.74 Å². The predicted molar refractivity (Wildman–Crippen MR) is 61.1 cm³/mol. The fourth-order valence-corrected chi connectivity index (χ4v) is 1.76. The summed E-state index contributed by atoms with van der Waals surface area (Å²) < 4.78 is 95.8. The Labute approximate surface area is 118 Å². The van der Waals surface area contributed by atoms with Crippen molar-refractivity contribution in [2.24, 2.45) is 5.92 Å². The first-order valence-corrected chi connectivity index (χ1v) is 7.24. The average molecular weight is 342 g/mol. The van der Waals surface area contributed by atoms with Crippen LogP contribution in [0.2, 0.25) is 0 Å². The molecule has 126 valence electrons. The predicted octanol–water partition coefficient (Wildman–Crippen LogP) is 2.77. The molecular formula is C10H15F5O5S. The molecule has 0 spiro atoms. The molecule has 0 aromatic rings. The molecule has 0 fully saturated rings. The van der Waals surface area contributed by atoms with Gasteiger partial charge in [0.05, 0.1) is 0 Å². The molecule has 0 bridgehead atoms. The second-order valence-corrected chi connectivity index (χ2v) is 6.23. The van der Waals surface area contributed by atoms with Crippen molar-refractivity contribution >= 4 is 16.1 Å². The summed E-state index contributed by atoms with van der Waals surface area (Å²) in [5.74, 6) is -1.49. The number of hydrogen-bond acceptors (Lipinski definition) is 4. The molecule has 5 nitrogen and oxygen atoms in total. The Morgan fingerprint density at radius 1 is 1.19 bits per heavy atom. The molecule has 0 aromatic heterocycles. The van der Waals surface area contributed by atoms with Gasteiger partial charge in [-0.05, 0) is 12.3 Å². The van der Waals surface area contributed by atoms with Gasteiger partial charge in [-0.2, -0.15) is 30.4 Å². The molecule has 0 heterocycles. The molecule has 1 N–H and O–H groups in total. The van der Waals surface area contributed by atoms with Crippen LogP contribution in [-0.4, -0.2) is 36.5 Å². The Morgan fingerprint density at radius 2 is 1.67 bits per heavy atom. The number of rotatable bonds is 7. The van der Waals surface area contributed by atoms with Crippen LogP contribution in [0.15, 0.2) is 0 Å². The molecule has 0 aliphatic rings. The fourth-order valence-electron chi connectivity index (χ4n) is 1.31. The highest BCUT2D eigenvalue weighted by atomic mass is 32.2. The molecule has 0 aliphatic heterocycles. The van der Waals surface area contributed by atoms with E-state index in [4.69, 9.17) is 4.55 Å². The maximum Gasteiger partial charge on any atom is 0.432 e. The van der Waals surface area contributed by atoms with Gasteiger partial charge in [-0.15, -0.1) is 0 Å². The third-order valence-corrected chi connectivity index (χ3v) is 3.26. The number of carbonyl (C=O) groups excluding carboxylic acids is 1. The van der Waals surface area contributed by atoms with Gasteiger partial charge in [0, 0.05) is 6.42 Å². The van der Waals surface area contributed by atoms with Crippen LogP contribution >= 0.6 is 0 Å². The Kier molecular flexibility index (Phi) is 6.54. The van der Waals surface area contributed by atoms with Crippen LogP contribution in [0.25, 0.3) is 0 Å². The third kappa shape index (κ3) is 6.12. The van der Waals surface area contributed by atoms with Gasteiger partial charge in [0.15, 0.2) is 0 Å². The van der Waals surface area contributed by atoms with Gasteiger partial charge in [0.2, 0.25) is 0 Å². The molecule has 11 heteroatoms. The minimum atomic E-state index is -6.39. The zero-order valence-corrected chi connectivity index (χ0v) is 12.0. The van der Waals surface area contributed by atoms with Gasteiger partial charge < -0.3 is 4.74 Å². The van der Waals surface area contributed by atoms with E-state index in [1.807, 2.05) is 0 Å². The minimum Gasteiger partial charge on any atom is -0.445 e. The van der Waals surface area contributed by atoms with E-state index in [1.165, 1.54) is 0 Å². The first kappa shape index (κ1) is 20.0. The fraction of sp³-hybridized carbons (Fsp3) is 0.900. The van der Waals surface area contributed by atoms with Gasteiger partial charge in [-0.25, -0.2) is 0 Å². The van der Waals surface area contributed by atoms with Crippen molar-refractivity contribution < 1.29 is 44.5 Å². The molecule has 21 heavy (non-hydrogen) atoms. The summed E-state index contributed by atoms with van der Waals surface area (Å²) in [7, 11) is -6.39. The average Bonchev–Trinajstić information content (AvgIpc) is 2.21. The molecular weight excluding hydrogens is 327 g/mol. The van der Waals surface area contributed by atoms with E-state index in [0.29, 0.717) is 6.42 Å². The van der Waals surface area contributed by atoms with Crippen LogP contribution in [0.4, 0.5) is 22.0 Å². The Hall–Kier alpha value is -0.970. The summed E-state index contributed by atoms with van der Waals surface area (Å²) in [5.41, 5.74) is 0. The van der Waals surface area contributed by atoms with Crippen LogP contribution in [0.1, 0.15) is 33.1 Å². The molecule has 0 aromatic carbocycles. The summed E-state index contributed by atoms with van der Waals surface area (Å²) >= 11 is 0. The van der Waals surface area contributed by atoms with E-state index in [-0.39, 0.29) is 12.3 Å². The number of halogens is 5. The number of esters is 1. The van der Waals surface area contributed by atoms with Crippen LogP contribution < -0.4 is 0 Å². The molecule has 0 amide bonds. The highest BCUT2D eigenvalue weighted by Crippen LogP contribution is 2.38. The normalized spacial score (nSPS) is 15.1. The van der Waals surface area contributed by atoms with Crippen molar-refractivity contribution in [2.45, 2.75) is 50.6 Å². The molecule has 0 saturated carbocycles. The zero-order chi connectivity index (χ0) is 17.1. The van der Waals surface area contributed by atoms with Crippen molar-refractivity contribution in [1.82, 2.24) is 0 Å². The minimum absolute atomic E-state index is 0.0958. The number of hydrogen-bond donors (Lipinski definition) is 1. The Balaban J connectivity index is 5.02. The quantitative estimate of drug-likeness (QED) is 0.437. The van der Waals surface area contributed by atoms with Crippen molar-refractivity contribution in [2.75, 3.05) is 0 Å². The molecule has 1 atom stereocenters. The van der Waals surface area contributed by atoms with Gasteiger partial charge in [0.25, 0.3) is 6.10 Å². The maximum absolute atomic E-state index is 13.1. The second-order valence-electron chi connectivity index (χ2n) is 4.73. The van der Waals surface area contributed by atoms with Crippen molar-refractivity contribution in [3.63, 3.8) is 0 Å². The van der Waals surface area contributed by atoms with E-state index >= 15 is 0 Å². The second kappa shape index (κ2) is 6.86. The summed E-state index contributed by atoms with van der Waals surface area (Å²) in [6.45, 7) is 3.55. The highest BCUT2D eigenvalue weighted by Gasteiger charge is 2.65. The lowest BCUT2D eigenvalue weighted by atomic mass is 10.1. The number of alkyl halides is 5. The first-order valence-electron chi connectivity index (χ1n) is 5.80. The van der Waals surface area contributed by atoms with E-state index in [0.717, 1.165) is 0 Å². The molecule has 0 aliphatic carbocycles. The summed E-state index contributed by atoms with van der Waals surface area (Å²) in [6.07, 6.45) is -10.1. The van der Waals surface area contributed by atoms with E-state index in [9.17, 15) is 35.2 Å². The largest absolute Gasteiger partial charge is 0.445 e. The van der Waals surface area contributed by atoms with Crippen LogP contribution in [0, 0.1) is 5.92 Å². The van der Waals surface area contributed by atoms with Crippen LogP contribution in [0.5, 0.6) is 0 Å².